The molecule has 0 aliphatic rings. The molecular formula is C111H3+. The smallest absolute Gasteiger partial charge is 0.106 e. The van der Waals surface area contributed by atoms with E-state index in [-0.39, 0.29) is 0 Å². The molecule has 0 fully saturated rings. The largest absolute Gasteiger partial charge is 0.217 e. The summed E-state index contributed by atoms with van der Waals surface area (Å²) in [5.41, 5.74) is 0. The molecule has 0 N–H and O–H groups in total. The molecule has 0 atom stereocenters. The van der Waals surface area contributed by atoms with E-state index in [1.807, 2.05) is 0 Å². The van der Waals surface area contributed by atoms with E-state index in [9.17, 15) is 0 Å². The SMILES string of the molecule is C#CC#CC#CC#CC#CC#CC#CC#CC#CC#CC#CC#CC#CC#CC#CC#CC#CC#CC#CC#CC#CC#CC#CC#CC#CC#CC#CC#CC#CC#CC#CC#CC#CC#CC#CC#CC#CC#CC#CC#CC#CC#CC#CC#CC#CC#CC#CC#CC#CC#CC#CC#CC#CC#CC#C[CH2+]. The van der Waals surface area contributed by atoms with Gasteiger partial charge in [-0.15, -0.1) is 6.42 Å². The van der Waals surface area contributed by atoms with Crippen molar-refractivity contribution >= 4 is 0 Å². The molecular weight excluding hydrogens is 1330 g/mol. The van der Waals surface area contributed by atoms with E-state index >= 15 is 0 Å². The fraction of sp³-hybridized carbons (Fsp3) is 0. The monoisotopic (exact) mass is 1340 g/mol. The van der Waals surface area contributed by atoms with Crippen LogP contribution in [0.4, 0.5) is 0 Å². The summed E-state index contributed by atoms with van der Waals surface area (Å²) in [4.78, 5) is 0. The van der Waals surface area contributed by atoms with Crippen molar-refractivity contribution in [3.63, 3.8) is 0 Å². The highest BCUT2D eigenvalue weighted by atomic mass is 13.7. The Morgan fingerprint density at radius 1 is 0.0721 bits per heavy atom. The van der Waals surface area contributed by atoms with E-state index < -0.39 is 0 Å². The lowest BCUT2D eigenvalue weighted by Crippen LogP contribution is -1.57. The van der Waals surface area contributed by atoms with Crippen molar-refractivity contribution in [1.29, 1.82) is 0 Å². The molecule has 0 aromatic carbocycles. The average molecular weight is 1340 g/mol. The lowest BCUT2D eigenvalue weighted by atomic mass is 10.4. The maximum absolute atomic E-state index is 4.95. The zero-order chi connectivity index (χ0) is 79.1. The summed E-state index contributed by atoms with van der Waals surface area (Å²) < 4.78 is 0. The van der Waals surface area contributed by atoms with Crippen LogP contribution in [0.25, 0.3) is 0 Å². The lowest BCUT2D eigenvalue weighted by molar-refractivity contribution is 2.31. The van der Waals surface area contributed by atoms with Crippen LogP contribution in [0.15, 0.2) is 0 Å². The van der Waals surface area contributed by atoms with Gasteiger partial charge in [0.2, 0.25) is 5.92 Å². The third-order valence-corrected chi connectivity index (χ3v) is 6.79. The predicted molar refractivity (Wildman–Crippen MR) is 434 cm³/mol. The van der Waals surface area contributed by atoms with Gasteiger partial charge in [0, 0.05) is 580 Å². The van der Waals surface area contributed by atoms with Gasteiger partial charge in [-0.3, -0.25) is 0 Å². The second kappa shape index (κ2) is 85.7. The zero-order valence-electron chi connectivity index (χ0n) is 55.8. The maximum Gasteiger partial charge on any atom is 0.217 e. The molecule has 0 nitrogen and oxygen atoms in total. The summed E-state index contributed by atoms with van der Waals surface area (Å²) in [6.45, 7) is 3.32. The Labute approximate surface area is 654 Å². The van der Waals surface area contributed by atoms with E-state index in [2.05, 4.69) is 652 Å². The van der Waals surface area contributed by atoms with E-state index in [0.29, 0.717) is 0 Å². The van der Waals surface area contributed by atoms with Crippen molar-refractivity contribution in [2.24, 2.45) is 0 Å². The standard InChI is InChI=1S/C111H3/c1-3-5-7-9-11-13-15-17-19-21-23-25-27-29-31-33-35-37-39-41-43-45-47-49-51-53-55-57-59-61-63-65-67-69-71-73-75-77-79-81-83-85-87-89-91-93-95-97-99-101-103-105-107-109-111-110-108-106-104-102-100-98-96-94-92-90-88-86-84-82-80-78-76-74-72-70-68-66-64-62-60-58-56-54-52-50-48-46-44-42-40-38-36-34-32-30-28-26-24-22-20-18-16-14-12-10-8-6-4-2/h1H,2H2/q+1. The molecule has 446 valence electrons. The maximum atomic E-state index is 4.95. The van der Waals surface area contributed by atoms with Gasteiger partial charge in [-0.05, 0) is 47.4 Å². The normalized spacial score (nSPS) is 3.95. The Morgan fingerprint density at radius 3 is 0.162 bits per heavy atom. The van der Waals surface area contributed by atoms with Crippen LogP contribution in [0.5, 0.6) is 0 Å². The minimum atomic E-state index is 2.12. The molecule has 0 radical (unpaired) electrons. The number of hydrogen-bond acceptors (Lipinski definition) is 0. The van der Waals surface area contributed by atoms with Gasteiger partial charge in [0.25, 0.3) is 0 Å². The first-order valence-corrected chi connectivity index (χ1v) is 27.6. The van der Waals surface area contributed by atoms with Crippen LogP contribution in [0.2, 0.25) is 0 Å². The van der Waals surface area contributed by atoms with Gasteiger partial charge < -0.3 is 0 Å². The summed E-state index contributed by atoms with van der Waals surface area (Å²) in [7, 11) is 0. The molecule has 0 heteroatoms. The van der Waals surface area contributed by atoms with Gasteiger partial charge >= 0.3 is 0 Å². The molecule has 0 spiro atoms. The highest BCUT2D eigenvalue weighted by Gasteiger charge is 1.69. The Bertz CT molecular complexity index is 7860. The molecule has 0 saturated carbocycles. The molecule has 0 amide bonds. The van der Waals surface area contributed by atoms with Crippen LogP contribution in [0.1, 0.15) is 0 Å². The van der Waals surface area contributed by atoms with Gasteiger partial charge in [0.15, 0.2) is 5.92 Å². The fourth-order valence-corrected chi connectivity index (χ4v) is 3.36. The zero-order valence-corrected chi connectivity index (χ0v) is 55.8. The summed E-state index contributed by atoms with van der Waals surface area (Å²) in [5, 5.41) is 0. The second-order valence-electron chi connectivity index (χ2n) is 13.7. The molecule has 0 aliphatic carbocycles. The Kier molecular flexibility index (Phi) is 66.9. The van der Waals surface area contributed by atoms with Crippen LogP contribution in [-0.4, -0.2) is 0 Å². The first-order chi connectivity index (χ1) is 55.4. The minimum Gasteiger partial charge on any atom is -0.106 e. The predicted octanol–water partition coefficient (Wildman–Crippen LogP) is 0.637. The van der Waals surface area contributed by atoms with Crippen molar-refractivity contribution in [3.05, 3.63) is 6.92 Å². The van der Waals surface area contributed by atoms with Gasteiger partial charge in [-0.25, -0.2) is 0 Å². The first-order valence-electron chi connectivity index (χ1n) is 27.6. The average Bonchev–Trinajstić information content (AvgIpc) is 3.81. The molecule has 0 unspecified atom stereocenters. The summed E-state index contributed by atoms with van der Waals surface area (Å²) >= 11 is 0. The molecule has 0 aromatic rings. The molecule has 0 heterocycles. The Hall–Kier alpha value is -24.3. The van der Waals surface area contributed by atoms with Crippen LogP contribution < -0.4 is 0 Å². The molecule has 111 heavy (non-hydrogen) atoms. The number of terminal acetylenes is 1. The van der Waals surface area contributed by atoms with Gasteiger partial charge in [-0.1, -0.05) is 0 Å². The number of hydrogen-bond donors (Lipinski definition) is 0. The lowest BCUT2D eigenvalue weighted by Gasteiger charge is -1.58. The Morgan fingerprint density at radius 2 is 0.117 bits per heavy atom. The third-order valence-electron chi connectivity index (χ3n) is 6.79. The number of rotatable bonds is 0. The quantitative estimate of drug-likeness (QED) is 0.247. The molecule has 0 aromatic heterocycles. The van der Waals surface area contributed by atoms with Crippen LogP contribution in [-0.2, 0) is 0 Å². The van der Waals surface area contributed by atoms with Gasteiger partial charge in [-0.2, -0.15) is 0 Å². The van der Waals surface area contributed by atoms with E-state index in [1.165, 1.54) is 0 Å². The van der Waals surface area contributed by atoms with Crippen molar-refractivity contribution in [2.45, 2.75) is 0 Å². The highest BCUT2D eigenvalue weighted by Crippen LogP contribution is 1.68. The van der Waals surface area contributed by atoms with Crippen molar-refractivity contribution in [1.82, 2.24) is 0 Å². The Balaban J connectivity index is 4.64. The highest BCUT2D eigenvalue weighted by molar-refractivity contribution is 5.57. The van der Waals surface area contributed by atoms with Crippen molar-refractivity contribution in [3.8, 4) is 652 Å². The first kappa shape index (κ1) is 86.7. The molecule has 0 saturated heterocycles. The molecule has 0 rings (SSSR count). The van der Waals surface area contributed by atoms with E-state index in [4.69, 9.17) is 6.42 Å². The topological polar surface area (TPSA) is 0 Å². The van der Waals surface area contributed by atoms with Gasteiger partial charge in [0.05, 0.1) is 6.92 Å². The summed E-state index contributed by atoms with van der Waals surface area (Å²) in [6, 6.07) is 0. The minimum absolute atomic E-state index is 2.12. The van der Waals surface area contributed by atoms with E-state index in [1.54, 1.807) is 0 Å². The molecule has 0 bridgehead atoms. The summed E-state index contributed by atoms with van der Waals surface area (Å²) in [5.74, 6) is 271. The van der Waals surface area contributed by atoms with Crippen LogP contribution in [0.3, 0.4) is 0 Å². The van der Waals surface area contributed by atoms with Crippen molar-refractivity contribution in [2.75, 3.05) is 0 Å². The molecule has 0 aliphatic heterocycles. The van der Waals surface area contributed by atoms with Crippen LogP contribution >= 0.6 is 0 Å². The van der Waals surface area contributed by atoms with Crippen molar-refractivity contribution < 1.29 is 0 Å². The fourth-order valence-electron chi connectivity index (χ4n) is 3.36. The van der Waals surface area contributed by atoms with Crippen LogP contribution in [0, 0.1) is 659 Å². The van der Waals surface area contributed by atoms with E-state index in [0.717, 1.165) is 0 Å². The third kappa shape index (κ3) is 85.7. The summed E-state index contributed by atoms with van der Waals surface area (Å²) in [6.07, 6.45) is 4.95. The van der Waals surface area contributed by atoms with Gasteiger partial charge in [0.1, 0.15) is 5.92 Å². The second-order valence-corrected chi connectivity index (χ2v) is 13.7.